The molecule has 1 aliphatic rings. The number of thioether (sulfide) groups is 1. The molecule has 1 fully saturated rings. The molecule has 1 aromatic carbocycles. The molecule has 27 heavy (non-hydrogen) atoms. The summed E-state index contributed by atoms with van der Waals surface area (Å²) in [5, 5.41) is 11.6. The Labute approximate surface area is 160 Å². The van der Waals surface area contributed by atoms with Gasteiger partial charge in [-0.1, -0.05) is 30.3 Å². The van der Waals surface area contributed by atoms with Crippen LogP contribution < -0.4 is 5.32 Å². The van der Waals surface area contributed by atoms with Gasteiger partial charge in [0.25, 0.3) is 11.1 Å². The summed E-state index contributed by atoms with van der Waals surface area (Å²) >= 11 is 0.758. The number of rotatable bonds is 7. The fourth-order valence-electron chi connectivity index (χ4n) is 2.62. The Hall–Kier alpha value is -2.84. The van der Waals surface area contributed by atoms with E-state index in [0.717, 1.165) is 22.2 Å². The molecule has 0 aliphatic carbocycles. The monoisotopic (exact) mass is 386 g/mol. The highest BCUT2D eigenvalue weighted by Crippen LogP contribution is 2.31. The highest BCUT2D eigenvalue weighted by atomic mass is 32.2. The van der Waals surface area contributed by atoms with Gasteiger partial charge < -0.3 is 14.8 Å². The number of hydrogen-bond donors (Lipinski definition) is 2. The molecule has 140 valence electrons. The van der Waals surface area contributed by atoms with Crippen LogP contribution in [0.5, 0.6) is 0 Å². The van der Waals surface area contributed by atoms with Gasteiger partial charge in [-0.25, -0.2) is 0 Å². The lowest BCUT2D eigenvalue weighted by atomic mass is 10.1. The van der Waals surface area contributed by atoms with Crippen LogP contribution in [0.15, 0.2) is 58.1 Å². The van der Waals surface area contributed by atoms with Gasteiger partial charge in [-0.3, -0.25) is 19.3 Å². The molecular weight excluding hydrogens is 368 g/mol. The van der Waals surface area contributed by atoms with E-state index in [1.165, 1.54) is 12.3 Å². The van der Waals surface area contributed by atoms with Gasteiger partial charge >= 0.3 is 0 Å². The Balaban J connectivity index is 1.59. The molecular formula is C19H18N2O5S. The summed E-state index contributed by atoms with van der Waals surface area (Å²) in [6, 6.07) is 12.2. The summed E-state index contributed by atoms with van der Waals surface area (Å²) in [5.74, 6) is -0.597. The molecule has 2 heterocycles. The second-order valence-electron chi connectivity index (χ2n) is 5.92. The number of imide groups is 1. The van der Waals surface area contributed by atoms with Gasteiger partial charge in [0.15, 0.2) is 0 Å². The molecule has 8 heteroatoms. The number of aliphatic hydroxyl groups is 1. The predicted octanol–water partition coefficient (Wildman–Crippen LogP) is 2.04. The van der Waals surface area contributed by atoms with E-state index < -0.39 is 29.6 Å². The highest BCUT2D eigenvalue weighted by Gasteiger charge is 2.36. The van der Waals surface area contributed by atoms with Gasteiger partial charge in [-0.2, -0.15) is 0 Å². The molecule has 0 bridgehead atoms. The average Bonchev–Trinajstić information content (AvgIpc) is 3.26. The SMILES string of the molecule is O=C(CN1C(=O)S/C(=C\c2ccco2)C1=O)N[C@H](CO)Cc1ccccc1. The molecule has 2 aromatic rings. The molecule has 0 unspecified atom stereocenters. The summed E-state index contributed by atoms with van der Waals surface area (Å²) in [6.45, 7) is -0.646. The Bertz CT molecular complexity index is 848. The summed E-state index contributed by atoms with van der Waals surface area (Å²) in [7, 11) is 0. The van der Waals surface area contributed by atoms with Crippen molar-refractivity contribution < 1.29 is 23.9 Å². The first-order valence-electron chi connectivity index (χ1n) is 8.30. The third-order valence-corrected chi connectivity index (χ3v) is 4.81. The number of amides is 3. The minimum atomic E-state index is -0.542. The van der Waals surface area contributed by atoms with Crippen LogP contribution >= 0.6 is 11.8 Å². The van der Waals surface area contributed by atoms with Gasteiger partial charge in [-0.05, 0) is 35.9 Å². The first kappa shape index (κ1) is 18.9. The zero-order chi connectivity index (χ0) is 19.2. The van der Waals surface area contributed by atoms with Crippen molar-refractivity contribution in [1.29, 1.82) is 0 Å². The van der Waals surface area contributed by atoms with Crippen LogP contribution in [-0.4, -0.2) is 46.3 Å². The van der Waals surface area contributed by atoms with Crippen LogP contribution in [0.1, 0.15) is 11.3 Å². The molecule has 3 amide bonds. The van der Waals surface area contributed by atoms with Crippen LogP contribution in [-0.2, 0) is 16.0 Å². The van der Waals surface area contributed by atoms with E-state index >= 15 is 0 Å². The zero-order valence-electron chi connectivity index (χ0n) is 14.3. The maximum absolute atomic E-state index is 12.4. The lowest BCUT2D eigenvalue weighted by Gasteiger charge is -2.18. The zero-order valence-corrected chi connectivity index (χ0v) is 15.1. The van der Waals surface area contributed by atoms with Crippen LogP contribution in [0.4, 0.5) is 4.79 Å². The van der Waals surface area contributed by atoms with Gasteiger partial charge in [0.05, 0.1) is 23.8 Å². The fourth-order valence-corrected chi connectivity index (χ4v) is 3.43. The van der Waals surface area contributed by atoms with Crippen molar-refractivity contribution in [3.63, 3.8) is 0 Å². The Morgan fingerprint density at radius 2 is 2.00 bits per heavy atom. The molecule has 1 atom stereocenters. The fraction of sp³-hybridized carbons (Fsp3) is 0.211. The number of nitrogens with zero attached hydrogens (tertiary/aromatic N) is 1. The van der Waals surface area contributed by atoms with Crippen molar-refractivity contribution in [3.05, 3.63) is 65.0 Å². The molecule has 0 radical (unpaired) electrons. The van der Waals surface area contributed by atoms with Crippen LogP contribution in [0.3, 0.4) is 0 Å². The topological polar surface area (TPSA) is 99.9 Å². The molecule has 1 aromatic heterocycles. The summed E-state index contributed by atoms with van der Waals surface area (Å²) in [4.78, 5) is 37.8. The number of hydrogen-bond acceptors (Lipinski definition) is 6. The predicted molar refractivity (Wildman–Crippen MR) is 101 cm³/mol. The minimum Gasteiger partial charge on any atom is -0.465 e. The molecule has 3 rings (SSSR count). The number of benzene rings is 1. The molecule has 2 N–H and O–H groups in total. The van der Waals surface area contributed by atoms with Crippen molar-refractivity contribution >= 4 is 34.9 Å². The number of aliphatic hydroxyl groups excluding tert-OH is 1. The number of carbonyl (C=O) groups is 3. The second kappa shape index (κ2) is 8.70. The van der Waals surface area contributed by atoms with Gasteiger partial charge in [0.2, 0.25) is 5.91 Å². The van der Waals surface area contributed by atoms with Crippen molar-refractivity contribution in [2.75, 3.05) is 13.2 Å². The van der Waals surface area contributed by atoms with Crippen molar-refractivity contribution in [2.24, 2.45) is 0 Å². The largest absolute Gasteiger partial charge is 0.465 e. The van der Waals surface area contributed by atoms with Crippen LogP contribution in [0.25, 0.3) is 6.08 Å². The molecule has 1 aliphatic heterocycles. The summed E-state index contributed by atoms with van der Waals surface area (Å²) < 4.78 is 5.14. The summed E-state index contributed by atoms with van der Waals surface area (Å²) in [6.07, 6.45) is 3.38. The molecule has 1 saturated heterocycles. The Morgan fingerprint density at radius 3 is 2.67 bits per heavy atom. The van der Waals surface area contributed by atoms with E-state index in [-0.39, 0.29) is 11.5 Å². The van der Waals surface area contributed by atoms with Crippen molar-refractivity contribution in [1.82, 2.24) is 10.2 Å². The number of nitrogens with one attached hydrogen (secondary N) is 1. The maximum atomic E-state index is 12.4. The molecule has 7 nitrogen and oxygen atoms in total. The Morgan fingerprint density at radius 1 is 1.22 bits per heavy atom. The summed E-state index contributed by atoms with van der Waals surface area (Å²) in [5.41, 5.74) is 0.962. The number of carbonyl (C=O) groups excluding carboxylic acids is 3. The molecule has 0 spiro atoms. The van der Waals surface area contributed by atoms with Gasteiger partial charge in [-0.15, -0.1) is 0 Å². The first-order valence-corrected chi connectivity index (χ1v) is 9.11. The Kier molecular flexibility index (Phi) is 6.10. The lowest BCUT2D eigenvalue weighted by molar-refractivity contribution is -0.129. The quantitative estimate of drug-likeness (QED) is 0.707. The molecule has 0 saturated carbocycles. The number of furan rings is 1. The van der Waals surface area contributed by atoms with E-state index in [9.17, 15) is 19.5 Å². The third kappa shape index (κ3) is 4.87. The van der Waals surface area contributed by atoms with Gasteiger partial charge in [0, 0.05) is 6.08 Å². The third-order valence-electron chi connectivity index (χ3n) is 3.90. The van der Waals surface area contributed by atoms with E-state index in [2.05, 4.69) is 5.32 Å². The average molecular weight is 386 g/mol. The maximum Gasteiger partial charge on any atom is 0.294 e. The minimum absolute atomic E-state index is 0.200. The smallest absolute Gasteiger partial charge is 0.294 e. The second-order valence-corrected chi connectivity index (χ2v) is 6.91. The standard InChI is InChI=1S/C19H18N2O5S/c22-12-14(9-13-5-2-1-3-6-13)20-17(23)11-21-18(24)16(27-19(21)25)10-15-7-4-8-26-15/h1-8,10,14,22H,9,11-12H2,(H,20,23)/b16-10-/t14-/m0/s1. The lowest BCUT2D eigenvalue weighted by Crippen LogP contribution is -2.45. The van der Waals surface area contributed by atoms with E-state index in [4.69, 9.17) is 4.42 Å². The van der Waals surface area contributed by atoms with Crippen molar-refractivity contribution in [3.8, 4) is 0 Å². The van der Waals surface area contributed by atoms with E-state index in [1.807, 2.05) is 30.3 Å². The van der Waals surface area contributed by atoms with Crippen LogP contribution in [0, 0.1) is 0 Å². The highest BCUT2D eigenvalue weighted by molar-refractivity contribution is 8.18. The van der Waals surface area contributed by atoms with E-state index in [0.29, 0.717) is 12.2 Å². The van der Waals surface area contributed by atoms with Crippen molar-refractivity contribution in [2.45, 2.75) is 12.5 Å². The normalized spacial score (nSPS) is 16.8. The van der Waals surface area contributed by atoms with E-state index in [1.54, 1.807) is 12.1 Å². The van der Waals surface area contributed by atoms with Gasteiger partial charge in [0.1, 0.15) is 12.3 Å². The van der Waals surface area contributed by atoms with Crippen LogP contribution in [0.2, 0.25) is 0 Å². The first-order chi connectivity index (χ1) is 13.1.